The Balaban J connectivity index is 1.66. The number of hydrogen-bond acceptors (Lipinski definition) is 5. The van der Waals surface area contributed by atoms with Gasteiger partial charge in [0.05, 0.1) is 12.0 Å². The Hall–Kier alpha value is -2.41. The molecule has 0 aliphatic carbocycles. The number of benzene rings is 2. The van der Waals surface area contributed by atoms with Crippen LogP contribution in [-0.2, 0) is 0 Å². The second kappa shape index (κ2) is 7.45. The number of thioether (sulfide) groups is 1. The molecule has 0 N–H and O–H groups in total. The van der Waals surface area contributed by atoms with E-state index >= 15 is 0 Å². The van der Waals surface area contributed by atoms with Crippen LogP contribution in [0.4, 0.5) is 8.78 Å². The normalized spacial score (nSPS) is 14.9. The largest absolute Gasteiger partial charge is 0.497 e. The SMILES string of the molecule is COc1cccc(C(=O)CCC(=O)c2ccc3c(c2)SC(F)(F)CO3)c1. The molecule has 4 nitrogen and oxygen atoms in total. The number of hydrogen-bond donors (Lipinski definition) is 0. The van der Waals surface area contributed by atoms with Crippen molar-refractivity contribution in [1.29, 1.82) is 0 Å². The zero-order valence-electron chi connectivity index (χ0n) is 14.0. The van der Waals surface area contributed by atoms with Gasteiger partial charge in [0, 0.05) is 24.0 Å². The van der Waals surface area contributed by atoms with Gasteiger partial charge in [-0.2, -0.15) is 8.78 Å². The number of rotatable bonds is 6. The summed E-state index contributed by atoms with van der Waals surface area (Å²) in [6, 6.07) is 11.1. The summed E-state index contributed by atoms with van der Waals surface area (Å²) >= 11 is 0.380. The van der Waals surface area contributed by atoms with Gasteiger partial charge in [0.25, 0.3) is 0 Å². The van der Waals surface area contributed by atoms with Crippen molar-refractivity contribution in [3.05, 3.63) is 53.6 Å². The number of fused-ring (bicyclic) bond motifs is 1. The van der Waals surface area contributed by atoms with Crippen LogP contribution in [0.15, 0.2) is 47.4 Å². The predicted octanol–water partition coefficient (Wildman–Crippen LogP) is 4.62. The number of ether oxygens (including phenoxy) is 2. The Morgan fingerprint density at radius 2 is 1.81 bits per heavy atom. The molecular weight excluding hydrogens is 362 g/mol. The van der Waals surface area contributed by atoms with Gasteiger partial charge in [0.1, 0.15) is 11.5 Å². The number of halogens is 2. The monoisotopic (exact) mass is 378 g/mol. The van der Waals surface area contributed by atoms with Crippen LogP contribution in [0.3, 0.4) is 0 Å². The van der Waals surface area contributed by atoms with E-state index in [1.807, 2.05) is 0 Å². The first kappa shape index (κ1) is 18.4. The second-order valence-electron chi connectivity index (χ2n) is 5.77. The molecule has 0 unspecified atom stereocenters. The first-order valence-corrected chi connectivity index (χ1v) is 8.74. The fourth-order valence-electron chi connectivity index (χ4n) is 2.54. The lowest BCUT2D eigenvalue weighted by Crippen LogP contribution is -2.25. The summed E-state index contributed by atoms with van der Waals surface area (Å²) in [6.45, 7) is -0.688. The van der Waals surface area contributed by atoms with Gasteiger partial charge >= 0.3 is 5.25 Å². The van der Waals surface area contributed by atoms with Crippen molar-refractivity contribution in [1.82, 2.24) is 0 Å². The fraction of sp³-hybridized carbons (Fsp3) is 0.263. The van der Waals surface area contributed by atoms with Gasteiger partial charge in [-0.3, -0.25) is 9.59 Å². The number of carbonyl (C=O) groups is 2. The van der Waals surface area contributed by atoms with Crippen molar-refractivity contribution >= 4 is 23.3 Å². The molecule has 0 atom stereocenters. The summed E-state index contributed by atoms with van der Waals surface area (Å²) in [5.41, 5.74) is 0.752. The summed E-state index contributed by atoms with van der Waals surface area (Å²) in [6.07, 6.45) is 0.0274. The van der Waals surface area contributed by atoms with Crippen LogP contribution in [0.5, 0.6) is 11.5 Å². The fourth-order valence-corrected chi connectivity index (χ4v) is 3.40. The third-order valence-corrected chi connectivity index (χ3v) is 4.85. The maximum absolute atomic E-state index is 13.4. The van der Waals surface area contributed by atoms with Crippen molar-refractivity contribution < 1.29 is 27.8 Å². The number of ketones is 2. The molecule has 0 fully saturated rings. The average molecular weight is 378 g/mol. The lowest BCUT2D eigenvalue weighted by Gasteiger charge is -2.24. The molecule has 0 radical (unpaired) electrons. The Morgan fingerprint density at radius 1 is 1.12 bits per heavy atom. The predicted molar refractivity (Wildman–Crippen MR) is 93.6 cm³/mol. The summed E-state index contributed by atoms with van der Waals surface area (Å²) in [5, 5.41) is -3.02. The molecule has 1 heterocycles. The van der Waals surface area contributed by atoms with E-state index in [1.54, 1.807) is 24.3 Å². The van der Waals surface area contributed by atoms with Crippen molar-refractivity contribution in [3.8, 4) is 11.5 Å². The lowest BCUT2D eigenvalue weighted by molar-refractivity contribution is 0.0403. The Morgan fingerprint density at radius 3 is 2.50 bits per heavy atom. The quantitative estimate of drug-likeness (QED) is 0.687. The maximum Gasteiger partial charge on any atom is 0.331 e. The number of methoxy groups -OCH3 is 1. The molecule has 1 aliphatic heterocycles. The van der Waals surface area contributed by atoms with Gasteiger partial charge < -0.3 is 9.47 Å². The number of Topliss-reactive ketones (excluding diaryl/α,β-unsaturated/α-hetero) is 2. The number of alkyl halides is 2. The molecule has 136 valence electrons. The topological polar surface area (TPSA) is 52.6 Å². The van der Waals surface area contributed by atoms with Gasteiger partial charge in [-0.25, -0.2) is 0 Å². The Kier molecular flexibility index (Phi) is 5.27. The van der Waals surface area contributed by atoms with Crippen LogP contribution in [-0.4, -0.2) is 30.5 Å². The third kappa shape index (κ3) is 4.22. The molecule has 0 spiro atoms. The van der Waals surface area contributed by atoms with Crippen LogP contribution in [0, 0.1) is 0 Å². The highest BCUT2D eigenvalue weighted by atomic mass is 32.2. The molecule has 3 rings (SSSR count). The highest BCUT2D eigenvalue weighted by Crippen LogP contribution is 2.45. The van der Waals surface area contributed by atoms with E-state index in [4.69, 9.17) is 9.47 Å². The summed E-state index contributed by atoms with van der Waals surface area (Å²) in [4.78, 5) is 24.8. The molecule has 0 aromatic heterocycles. The minimum absolute atomic E-state index is 0.00323. The molecular formula is C19H16F2O4S. The molecule has 2 aromatic carbocycles. The van der Waals surface area contributed by atoms with Crippen LogP contribution in [0.25, 0.3) is 0 Å². The zero-order valence-corrected chi connectivity index (χ0v) is 14.8. The molecule has 7 heteroatoms. The Labute approximate surface area is 153 Å². The van der Waals surface area contributed by atoms with Crippen LogP contribution < -0.4 is 9.47 Å². The molecule has 0 saturated carbocycles. The molecule has 2 aromatic rings. The van der Waals surface area contributed by atoms with Crippen molar-refractivity contribution in [2.75, 3.05) is 13.7 Å². The molecule has 0 bridgehead atoms. The zero-order chi connectivity index (χ0) is 18.7. The van der Waals surface area contributed by atoms with Gasteiger partial charge in [0.15, 0.2) is 18.2 Å². The van der Waals surface area contributed by atoms with Gasteiger partial charge in [-0.05, 0) is 42.1 Å². The summed E-state index contributed by atoms with van der Waals surface area (Å²) in [7, 11) is 1.51. The minimum atomic E-state index is -3.02. The van der Waals surface area contributed by atoms with Gasteiger partial charge in [-0.15, -0.1) is 0 Å². The van der Waals surface area contributed by atoms with E-state index in [-0.39, 0.29) is 34.9 Å². The average Bonchev–Trinajstić information content (AvgIpc) is 2.64. The summed E-state index contributed by atoms with van der Waals surface area (Å²) < 4.78 is 36.9. The number of carbonyl (C=O) groups excluding carboxylic acids is 2. The summed E-state index contributed by atoms with van der Waals surface area (Å²) in [5.74, 6) is 0.442. The van der Waals surface area contributed by atoms with Crippen LogP contribution >= 0.6 is 11.8 Å². The standard InChI is InChI=1S/C19H16F2O4S/c1-24-14-4-2-3-12(9-14)15(22)6-7-16(23)13-5-8-17-18(10-13)26-19(20,21)11-25-17/h2-5,8-10H,6-7,11H2,1H3. The third-order valence-electron chi connectivity index (χ3n) is 3.89. The molecule has 1 aliphatic rings. The van der Waals surface area contributed by atoms with Gasteiger partial charge in [-0.1, -0.05) is 12.1 Å². The lowest BCUT2D eigenvalue weighted by atomic mass is 10.0. The van der Waals surface area contributed by atoms with Crippen molar-refractivity contribution in [2.45, 2.75) is 23.0 Å². The van der Waals surface area contributed by atoms with Crippen molar-refractivity contribution in [2.24, 2.45) is 0 Å². The van der Waals surface area contributed by atoms with E-state index in [1.165, 1.54) is 25.3 Å². The smallest absolute Gasteiger partial charge is 0.331 e. The highest BCUT2D eigenvalue weighted by Gasteiger charge is 2.37. The first-order valence-electron chi connectivity index (χ1n) is 7.92. The minimum Gasteiger partial charge on any atom is -0.497 e. The second-order valence-corrected chi connectivity index (χ2v) is 7.01. The van der Waals surface area contributed by atoms with E-state index < -0.39 is 11.9 Å². The first-order chi connectivity index (χ1) is 12.4. The van der Waals surface area contributed by atoms with E-state index in [2.05, 4.69) is 0 Å². The van der Waals surface area contributed by atoms with Crippen LogP contribution in [0.2, 0.25) is 0 Å². The van der Waals surface area contributed by atoms with E-state index in [9.17, 15) is 18.4 Å². The molecule has 26 heavy (non-hydrogen) atoms. The maximum atomic E-state index is 13.4. The molecule has 0 saturated heterocycles. The van der Waals surface area contributed by atoms with Crippen molar-refractivity contribution in [3.63, 3.8) is 0 Å². The van der Waals surface area contributed by atoms with E-state index in [0.29, 0.717) is 28.8 Å². The Bertz CT molecular complexity index is 851. The van der Waals surface area contributed by atoms with Crippen LogP contribution in [0.1, 0.15) is 33.6 Å². The van der Waals surface area contributed by atoms with E-state index in [0.717, 1.165) is 0 Å². The molecule has 0 amide bonds. The highest BCUT2D eigenvalue weighted by molar-refractivity contribution is 8.00. The van der Waals surface area contributed by atoms with Gasteiger partial charge in [0.2, 0.25) is 0 Å².